The number of anilines is 2. The molecule has 0 saturated carbocycles. The number of benzene rings is 2. The third-order valence-corrected chi connectivity index (χ3v) is 13.8. The second kappa shape index (κ2) is 11.5. The van der Waals surface area contributed by atoms with Crippen molar-refractivity contribution in [3.05, 3.63) is 47.0 Å². The van der Waals surface area contributed by atoms with E-state index in [1.54, 1.807) is 11.3 Å². The summed E-state index contributed by atoms with van der Waals surface area (Å²) in [6, 6.07) is 13.1. The van der Waals surface area contributed by atoms with E-state index in [1.807, 2.05) is 6.92 Å². The number of aromatic nitrogens is 1. The van der Waals surface area contributed by atoms with Crippen LogP contribution in [0.3, 0.4) is 0 Å². The molecule has 4 nitrogen and oxygen atoms in total. The maximum atomic E-state index is 11.4. The number of thiazole rings is 1. The molecule has 0 bridgehead atoms. The fourth-order valence-electron chi connectivity index (χ4n) is 4.32. The van der Waals surface area contributed by atoms with Gasteiger partial charge in [-0.2, -0.15) is 0 Å². The Kier molecular flexibility index (Phi) is 9.01. The number of hydrogen-bond acceptors (Lipinski definition) is 4. The first-order chi connectivity index (χ1) is 15.7. The van der Waals surface area contributed by atoms with Crippen LogP contribution >= 0.6 is 11.3 Å². The molecular formula is C27H37AsN2O2S. The third kappa shape index (κ3) is 7.07. The van der Waals surface area contributed by atoms with Crippen LogP contribution in [0.5, 0.6) is 0 Å². The Labute approximate surface area is 207 Å². The zero-order chi connectivity index (χ0) is 24.1. The van der Waals surface area contributed by atoms with Gasteiger partial charge in [-0.25, -0.2) is 0 Å². The molecule has 0 spiro atoms. The van der Waals surface area contributed by atoms with Gasteiger partial charge in [-0.15, -0.1) is 0 Å². The van der Waals surface area contributed by atoms with E-state index >= 15 is 0 Å². The quantitative estimate of drug-likeness (QED) is 0.256. The average Bonchev–Trinajstić information content (AvgIpc) is 3.10. The van der Waals surface area contributed by atoms with Gasteiger partial charge in [0.15, 0.2) is 0 Å². The van der Waals surface area contributed by atoms with E-state index in [0.717, 1.165) is 28.2 Å². The van der Waals surface area contributed by atoms with Gasteiger partial charge in [-0.1, -0.05) is 0 Å². The molecule has 2 aromatic carbocycles. The second-order valence-corrected chi connectivity index (χ2v) is 15.8. The predicted octanol–water partition coefficient (Wildman–Crippen LogP) is 7.33. The van der Waals surface area contributed by atoms with Gasteiger partial charge in [-0.3, -0.25) is 0 Å². The van der Waals surface area contributed by atoms with E-state index in [2.05, 4.69) is 81.3 Å². The van der Waals surface area contributed by atoms with Crippen LogP contribution in [0.25, 0.3) is 10.2 Å². The monoisotopic (exact) mass is 528 g/mol. The first-order valence-corrected chi connectivity index (χ1v) is 16.3. The van der Waals surface area contributed by atoms with Crippen molar-refractivity contribution in [1.82, 2.24) is 4.98 Å². The molecule has 0 aliphatic rings. The molecule has 33 heavy (non-hydrogen) atoms. The zero-order valence-electron chi connectivity index (χ0n) is 20.7. The molecule has 3 aromatic rings. The van der Waals surface area contributed by atoms with Gasteiger partial charge >= 0.3 is 208 Å². The summed E-state index contributed by atoms with van der Waals surface area (Å²) in [6.07, 6.45) is 0.984. The van der Waals surface area contributed by atoms with Gasteiger partial charge in [0.1, 0.15) is 0 Å². The SMILES string of the molecule is CC[C@@H](CC(=O)O)c1ccc([As](CC(C)C)CC(C)C)c(Nc2ccc3nc(C)sc3c2)c1. The zero-order valence-corrected chi connectivity index (χ0v) is 23.4. The van der Waals surface area contributed by atoms with Crippen molar-refractivity contribution >= 4 is 57.9 Å². The maximum absolute atomic E-state index is 11.4. The molecule has 0 radical (unpaired) electrons. The van der Waals surface area contributed by atoms with Crippen LogP contribution in [0, 0.1) is 18.8 Å². The molecule has 0 amide bonds. The van der Waals surface area contributed by atoms with E-state index < -0.39 is 20.6 Å². The standard InChI is InChI=1S/C27H37AsN2O2S/c1-7-20(13-27(31)32)21-8-10-23(28(15-17(2)3)16-18(4)5)25(12-21)30-22-9-11-24-26(14-22)33-19(6)29-24/h8-12,14,17-18,20,30H,7,13,15-16H2,1-6H3,(H,31,32)/t20-/m0/s1. The van der Waals surface area contributed by atoms with Crippen LogP contribution in [-0.2, 0) is 4.79 Å². The number of nitrogens with one attached hydrogen (secondary N) is 1. The van der Waals surface area contributed by atoms with Crippen molar-refractivity contribution in [3.8, 4) is 0 Å². The summed E-state index contributed by atoms with van der Waals surface area (Å²) < 4.78 is 2.66. The molecule has 1 heterocycles. The molecule has 0 aliphatic heterocycles. The molecule has 1 atom stereocenters. The minimum atomic E-state index is -1.30. The van der Waals surface area contributed by atoms with Gasteiger partial charge < -0.3 is 0 Å². The van der Waals surface area contributed by atoms with Crippen LogP contribution < -0.4 is 9.67 Å². The average molecular weight is 529 g/mol. The number of rotatable bonds is 11. The molecule has 0 unspecified atom stereocenters. The molecular weight excluding hydrogens is 491 g/mol. The van der Waals surface area contributed by atoms with Gasteiger partial charge in [0.25, 0.3) is 0 Å². The third-order valence-electron chi connectivity index (χ3n) is 5.69. The van der Waals surface area contributed by atoms with E-state index in [9.17, 15) is 9.90 Å². The molecule has 3 rings (SSSR count). The Morgan fingerprint density at radius 3 is 2.39 bits per heavy atom. The van der Waals surface area contributed by atoms with Crippen LogP contribution in [0.15, 0.2) is 36.4 Å². The summed E-state index contributed by atoms with van der Waals surface area (Å²) in [5, 5.41) is 16.8. The topological polar surface area (TPSA) is 62.2 Å². The van der Waals surface area contributed by atoms with Gasteiger partial charge in [0, 0.05) is 0 Å². The second-order valence-electron chi connectivity index (χ2n) is 9.71. The number of nitrogens with zero attached hydrogens (tertiary/aromatic N) is 1. The Morgan fingerprint density at radius 2 is 1.79 bits per heavy atom. The fraction of sp³-hybridized carbons (Fsp3) is 0.481. The molecule has 0 fully saturated rings. The summed E-state index contributed by atoms with van der Waals surface area (Å²) in [5.41, 5.74) is 4.39. The normalized spacial score (nSPS) is 12.8. The van der Waals surface area contributed by atoms with Crippen molar-refractivity contribution in [2.24, 2.45) is 11.8 Å². The van der Waals surface area contributed by atoms with E-state index in [4.69, 9.17) is 0 Å². The van der Waals surface area contributed by atoms with Crippen LogP contribution in [0.4, 0.5) is 11.4 Å². The van der Waals surface area contributed by atoms with Gasteiger partial charge in [0.2, 0.25) is 0 Å². The van der Waals surface area contributed by atoms with Crippen LogP contribution in [-0.4, -0.2) is 30.7 Å². The molecule has 1 aromatic heterocycles. The Morgan fingerprint density at radius 1 is 1.09 bits per heavy atom. The van der Waals surface area contributed by atoms with Gasteiger partial charge in [-0.05, 0) is 0 Å². The molecule has 178 valence electrons. The number of aliphatic carboxylic acids is 1. The minimum absolute atomic E-state index is 0.0277. The number of fused-ring (bicyclic) bond motifs is 1. The van der Waals surface area contributed by atoms with Crippen molar-refractivity contribution in [2.45, 2.75) is 70.7 Å². The van der Waals surface area contributed by atoms with Crippen LogP contribution in [0.1, 0.15) is 63.9 Å². The summed E-state index contributed by atoms with van der Waals surface area (Å²) in [4.78, 5) is 16.0. The fourth-order valence-corrected chi connectivity index (χ4v) is 11.6. The Balaban J connectivity index is 2.05. The van der Waals surface area contributed by atoms with E-state index in [0.29, 0.717) is 11.8 Å². The van der Waals surface area contributed by atoms with Gasteiger partial charge in [0.05, 0.1) is 0 Å². The Hall–Kier alpha value is -1.84. The number of aryl methyl sites for hydroxylation is 1. The molecule has 6 heteroatoms. The van der Waals surface area contributed by atoms with Crippen molar-refractivity contribution in [2.75, 3.05) is 5.32 Å². The van der Waals surface area contributed by atoms with Crippen molar-refractivity contribution in [1.29, 1.82) is 0 Å². The first kappa shape index (κ1) is 25.8. The Bertz CT molecular complexity index is 1080. The molecule has 2 N–H and O–H groups in total. The van der Waals surface area contributed by atoms with E-state index in [1.165, 1.54) is 25.2 Å². The first-order valence-electron chi connectivity index (χ1n) is 11.9. The molecule has 0 saturated heterocycles. The summed E-state index contributed by atoms with van der Waals surface area (Å²) in [7, 11) is 0. The van der Waals surface area contributed by atoms with Crippen LogP contribution in [0.2, 0.25) is 10.4 Å². The molecule has 0 aliphatic carbocycles. The van der Waals surface area contributed by atoms with E-state index in [-0.39, 0.29) is 12.3 Å². The summed E-state index contributed by atoms with van der Waals surface area (Å²) >= 11 is 0.420. The number of carboxylic acids is 1. The number of hydrogen-bond donors (Lipinski definition) is 2. The predicted molar refractivity (Wildman–Crippen MR) is 144 cm³/mol. The number of carbonyl (C=O) groups is 1. The van der Waals surface area contributed by atoms with Crippen molar-refractivity contribution in [3.63, 3.8) is 0 Å². The summed E-state index contributed by atoms with van der Waals surface area (Å²) in [6.45, 7) is 13.4. The number of carboxylic acid groups (broad SMARTS) is 1. The van der Waals surface area contributed by atoms with Crippen molar-refractivity contribution < 1.29 is 9.90 Å². The summed E-state index contributed by atoms with van der Waals surface area (Å²) in [5.74, 6) is 0.630.